The molecule has 0 spiro atoms. The van der Waals surface area contributed by atoms with Crippen LogP contribution in [0.4, 0.5) is 5.69 Å². The molecule has 1 atom stereocenters. The predicted octanol–water partition coefficient (Wildman–Crippen LogP) is 2.39. The highest BCUT2D eigenvalue weighted by atomic mass is 16.5. The van der Waals surface area contributed by atoms with Crippen LogP contribution in [0.2, 0.25) is 0 Å². The lowest BCUT2D eigenvalue weighted by Gasteiger charge is -2.38. The lowest BCUT2D eigenvalue weighted by Crippen LogP contribution is -2.52. The van der Waals surface area contributed by atoms with Crippen molar-refractivity contribution in [2.45, 2.75) is 32.7 Å². The standard InChI is InChI=1S/C22H35N3O3/c1-3-18(4-2)21(25-11-15-28-16-12-25)17-23-22(26)19-5-7-20(8-6-19)24-9-13-27-14-10-24/h5-8,18,21H,3-4,9-17H2,1-2H3,(H,23,26). The first-order chi connectivity index (χ1) is 13.7. The van der Waals surface area contributed by atoms with Gasteiger partial charge < -0.3 is 19.7 Å². The smallest absolute Gasteiger partial charge is 0.251 e. The van der Waals surface area contributed by atoms with Gasteiger partial charge in [0.05, 0.1) is 26.4 Å². The number of morpholine rings is 2. The molecule has 0 aliphatic carbocycles. The molecule has 2 heterocycles. The summed E-state index contributed by atoms with van der Waals surface area (Å²) in [6, 6.07) is 8.32. The zero-order valence-electron chi connectivity index (χ0n) is 17.4. The zero-order valence-corrected chi connectivity index (χ0v) is 17.4. The minimum absolute atomic E-state index is 0.0118. The number of rotatable bonds is 8. The molecule has 0 aromatic heterocycles. The first-order valence-corrected chi connectivity index (χ1v) is 10.8. The third-order valence-corrected chi connectivity index (χ3v) is 6.09. The number of nitrogens with one attached hydrogen (secondary N) is 1. The van der Waals surface area contributed by atoms with E-state index in [9.17, 15) is 4.79 Å². The fraction of sp³-hybridized carbons (Fsp3) is 0.682. The van der Waals surface area contributed by atoms with Crippen LogP contribution in [0.15, 0.2) is 24.3 Å². The molecule has 6 heteroatoms. The molecule has 1 aromatic rings. The molecule has 1 unspecified atom stereocenters. The van der Waals surface area contributed by atoms with Crippen LogP contribution in [0.1, 0.15) is 37.0 Å². The number of nitrogens with zero attached hydrogens (tertiary/aromatic N) is 2. The van der Waals surface area contributed by atoms with Gasteiger partial charge in [0.1, 0.15) is 0 Å². The molecule has 3 rings (SSSR count). The third kappa shape index (κ3) is 5.46. The van der Waals surface area contributed by atoms with E-state index in [-0.39, 0.29) is 5.91 Å². The lowest BCUT2D eigenvalue weighted by atomic mass is 9.92. The SMILES string of the molecule is CCC(CC)C(CNC(=O)c1ccc(N2CCOCC2)cc1)N1CCOCC1. The van der Waals surface area contributed by atoms with Gasteiger partial charge >= 0.3 is 0 Å². The predicted molar refractivity (Wildman–Crippen MR) is 112 cm³/mol. The van der Waals surface area contributed by atoms with E-state index >= 15 is 0 Å². The van der Waals surface area contributed by atoms with Gasteiger partial charge in [-0.2, -0.15) is 0 Å². The number of amides is 1. The van der Waals surface area contributed by atoms with Crippen molar-refractivity contribution in [3.05, 3.63) is 29.8 Å². The largest absolute Gasteiger partial charge is 0.379 e. The fourth-order valence-corrected chi connectivity index (χ4v) is 4.28. The van der Waals surface area contributed by atoms with Crippen LogP contribution in [0.25, 0.3) is 0 Å². The van der Waals surface area contributed by atoms with Crippen molar-refractivity contribution < 1.29 is 14.3 Å². The Morgan fingerprint density at radius 2 is 1.54 bits per heavy atom. The Labute approximate surface area is 169 Å². The second-order valence-electron chi connectivity index (χ2n) is 7.65. The van der Waals surface area contributed by atoms with E-state index in [0.29, 0.717) is 18.5 Å². The Morgan fingerprint density at radius 1 is 0.964 bits per heavy atom. The van der Waals surface area contributed by atoms with Crippen LogP contribution in [-0.4, -0.2) is 76.0 Å². The van der Waals surface area contributed by atoms with Gasteiger partial charge in [-0.1, -0.05) is 26.7 Å². The molecular formula is C22H35N3O3. The molecule has 156 valence electrons. The molecule has 2 saturated heterocycles. The van der Waals surface area contributed by atoms with Gasteiger partial charge in [-0.15, -0.1) is 0 Å². The monoisotopic (exact) mass is 389 g/mol. The van der Waals surface area contributed by atoms with Crippen LogP contribution in [0.5, 0.6) is 0 Å². The number of hydrogen-bond donors (Lipinski definition) is 1. The summed E-state index contributed by atoms with van der Waals surface area (Å²) >= 11 is 0. The first-order valence-electron chi connectivity index (χ1n) is 10.8. The highest BCUT2D eigenvalue weighted by Crippen LogP contribution is 2.20. The molecule has 6 nitrogen and oxygen atoms in total. The summed E-state index contributed by atoms with van der Waals surface area (Å²) in [6.07, 6.45) is 2.26. The van der Waals surface area contributed by atoms with Crippen LogP contribution in [-0.2, 0) is 9.47 Å². The summed E-state index contributed by atoms with van der Waals surface area (Å²) in [5.41, 5.74) is 1.88. The van der Waals surface area contributed by atoms with Crippen LogP contribution >= 0.6 is 0 Å². The minimum Gasteiger partial charge on any atom is -0.379 e. The molecule has 1 N–H and O–H groups in total. The van der Waals surface area contributed by atoms with E-state index in [1.54, 1.807) is 0 Å². The van der Waals surface area contributed by atoms with Gasteiger partial charge in [-0.05, 0) is 30.2 Å². The minimum atomic E-state index is 0.0118. The summed E-state index contributed by atoms with van der Waals surface area (Å²) in [5.74, 6) is 0.597. The molecule has 1 aromatic carbocycles. The number of benzene rings is 1. The Hall–Kier alpha value is -1.63. The number of anilines is 1. The maximum absolute atomic E-state index is 12.7. The van der Waals surface area contributed by atoms with E-state index in [4.69, 9.17) is 9.47 Å². The van der Waals surface area contributed by atoms with Crippen molar-refractivity contribution in [3.63, 3.8) is 0 Å². The maximum atomic E-state index is 12.7. The average Bonchev–Trinajstić information content (AvgIpc) is 2.77. The van der Waals surface area contributed by atoms with Crippen molar-refractivity contribution in [3.8, 4) is 0 Å². The molecule has 0 radical (unpaired) electrons. The van der Waals surface area contributed by atoms with Crippen LogP contribution in [0.3, 0.4) is 0 Å². The Kier molecular flexibility index (Phi) is 8.13. The molecule has 1 amide bonds. The van der Waals surface area contributed by atoms with Crippen molar-refractivity contribution >= 4 is 11.6 Å². The highest BCUT2D eigenvalue weighted by Gasteiger charge is 2.27. The van der Waals surface area contributed by atoms with Gasteiger partial charge in [-0.3, -0.25) is 9.69 Å². The number of carbonyl (C=O) groups excluding carboxylic acids is 1. The average molecular weight is 390 g/mol. The van der Waals surface area contributed by atoms with Crippen molar-refractivity contribution in [2.24, 2.45) is 5.92 Å². The van der Waals surface area contributed by atoms with Gasteiger partial charge in [0.15, 0.2) is 0 Å². The third-order valence-electron chi connectivity index (χ3n) is 6.09. The Morgan fingerprint density at radius 3 is 2.11 bits per heavy atom. The fourth-order valence-electron chi connectivity index (χ4n) is 4.28. The topological polar surface area (TPSA) is 54.0 Å². The van der Waals surface area contributed by atoms with E-state index in [0.717, 1.165) is 76.7 Å². The summed E-state index contributed by atoms with van der Waals surface area (Å²) in [6.45, 7) is 12.0. The van der Waals surface area contributed by atoms with Crippen molar-refractivity contribution in [1.82, 2.24) is 10.2 Å². The van der Waals surface area contributed by atoms with Gasteiger partial charge in [0.2, 0.25) is 0 Å². The van der Waals surface area contributed by atoms with Gasteiger partial charge in [0, 0.05) is 50.0 Å². The maximum Gasteiger partial charge on any atom is 0.251 e. The van der Waals surface area contributed by atoms with Gasteiger partial charge in [0.25, 0.3) is 5.91 Å². The molecular weight excluding hydrogens is 354 g/mol. The molecule has 28 heavy (non-hydrogen) atoms. The molecule has 2 aliphatic rings. The number of carbonyl (C=O) groups is 1. The van der Waals surface area contributed by atoms with E-state index < -0.39 is 0 Å². The van der Waals surface area contributed by atoms with E-state index in [1.165, 1.54) is 0 Å². The second kappa shape index (κ2) is 10.8. The number of hydrogen-bond acceptors (Lipinski definition) is 5. The Balaban J connectivity index is 1.58. The number of ether oxygens (including phenoxy) is 2. The van der Waals surface area contributed by atoms with Gasteiger partial charge in [-0.25, -0.2) is 0 Å². The van der Waals surface area contributed by atoms with E-state index in [2.05, 4.69) is 29.0 Å². The molecule has 2 aliphatic heterocycles. The lowest BCUT2D eigenvalue weighted by molar-refractivity contribution is 0.00191. The van der Waals surface area contributed by atoms with Crippen molar-refractivity contribution in [2.75, 3.05) is 64.1 Å². The second-order valence-corrected chi connectivity index (χ2v) is 7.65. The van der Waals surface area contributed by atoms with Crippen LogP contribution < -0.4 is 10.2 Å². The quantitative estimate of drug-likeness (QED) is 0.740. The highest BCUT2D eigenvalue weighted by molar-refractivity contribution is 5.94. The van der Waals surface area contributed by atoms with Crippen molar-refractivity contribution in [1.29, 1.82) is 0 Å². The molecule has 0 bridgehead atoms. The Bertz CT molecular complexity index is 592. The zero-order chi connectivity index (χ0) is 19.8. The molecule has 0 saturated carbocycles. The summed E-state index contributed by atoms with van der Waals surface area (Å²) in [4.78, 5) is 17.5. The molecule has 2 fully saturated rings. The summed E-state index contributed by atoms with van der Waals surface area (Å²) in [5, 5.41) is 3.19. The summed E-state index contributed by atoms with van der Waals surface area (Å²) in [7, 11) is 0. The summed E-state index contributed by atoms with van der Waals surface area (Å²) < 4.78 is 10.9. The first kappa shape index (κ1) is 21.1. The van der Waals surface area contributed by atoms with Crippen LogP contribution in [0, 0.1) is 5.92 Å². The normalized spacial score (nSPS) is 19.6. The van der Waals surface area contributed by atoms with E-state index in [1.807, 2.05) is 24.3 Å².